The second-order valence-corrected chi connectivity index (χ2v) is 6.44. The summed E-state index contributed by atoms with van der Waals surface area (Å²) in [4.78, 5) is 14.5. The largest absolute Gasteiger partial charge is 0.451 e. The first-order valence-electron chi connectivity index (χ1n) is 7.78. The smallest absolute Gasteiger partial charge is 0.289 e. The summed E-state index contributed by atoms with van der Waals surface area (Å²) >= 11 is 0. The number of hydrogen-bond donors (Lipinski definition) is 1. The SMILES string of the molecule is C[C@@H]1C[C@H](C)CN(C(=O)c2ccc(-c3ccc(N)cc3)o2)C1. The predicted octanol–water partition coefficient (Wildman–Crippen LogP) is 3.65. The third-order valence-electron chi connectivity index (χ3n) is 4.17. The molecule has 1 aliphatic heterocycles. The molecule has 1 aromatic carbocycles. The minimum Gasteiger partial charge on any atom is -0.451 e. The lowest BCUT2D eigenvalue weighted by atomic mass is 9.92. The Bertz CT molecular complexity index is 650. The Balaban J connectivity index is 1.78. The average molecular weight is 298 g/mol. The van der Waals surface area contributed by atoms with Gasteiger partial charge in [-0.2, -0.15) is 0 Å². The number of amides is 1. The predicted molar refractivity (Wildman–Crippen MR) is 87.4 cm³/mol. The van der Waals surface area contributed by atoms with Crippen molar-refractivity contribution < 1.29 is 9.21 Å². The van der Waals surface area contributed by atoms with Crippen LogP contribution in [0.15, 0.2) is 40.8 Å². The molecular weight excluding hydrogens is 276 g/mol. The highest BCUT2D eigenvalue weighted by molar-refractivity contribution is 5.92. The van der Waals surface area contributed by atoms with Crippen molar-refractivity contribution in [1.29, 1.82) is 0 Å². The molecule has 2 heterocycles. The van der Waals surface area contributed by atoms with Crippen molar-refractivity contribution >= 4 is 11.6 Å². The van der Waals surface area contributed by atoms with E-state index in [0.29, 0.717) is 29.0 Å². The number of carbonyl (C=O) groups excluding carboxylic acids is 1. The van der Waals surface area contributed by atoms with Gasteiger partial charge in [0.15, 0.2) is 5.76 Å². The zero-order chi connectivity index (χ0) is 15.7. The average Bonchev–Trinajstić information content (AvgIpc) is 2.96. The van der Waals surface area contributed by atoms with E-state index in [1.54, 1.807) is 6.07 Å². The van der Waals surface area contributed by atoms with Gasteiger partial charge in [-0.05, 0) is 54.7 Å². The number of likely N-dealkylation sites (tertiary alicyclic amines) is 1. The Morgan fingerprint density at radius 3 is 2.36 bits per heavy atom. The highest BCUT2D eigenvalue weighted by Gasteiger charge is 2.27. The number of nitrogens with two attached hydrogens (primary N) is 1. The van der Waals surface area contributed by atoms with E-state index in [4.69, 9.17) is 10.2 Å². The summed E-state index contributed by atoms with van der Waals surface area (Å²) in [7, 11) is 0. The minimum absolute atomic E-state index is 0.0138. The van der Waals surface area contributed by atoms with Crippen LogP contribution in [0.4, 0.5) is 5.69 Å². The number of carbonyl (C=O) groups is 1. The molecule has 2 atom stereocenters. The Morgan fingerprint density at radius 1 is 1.09 bits per heavy atom. The van der Waals surface area contributed by atoms with Crippen LogP contribution in [0.3, 0.4) is 0 Å². The number of furan rings is 1. The number of benzene rings is 1. The van der Waals surface area contributed by atoms with E-state index in [1.165, 1.54) is 6.42 Å². The van der Waals surface area contributed by atoms with Crippen molar-refractivity contribution in [1.82, 2.24) is 4.90 Å². The highest BCUT2D eigenvalue weighted by atomic mass is 16.4. The van der Waals surface area contributed by atoms with E-state index in [0.717, 1.165) is 18.7 Å². The first kappa shape index (κ1) is 14.7. The van der Waals surface area contributed by atoms with Crippen LogP contribution < -0.4 is 5.73 Å². The van der Waals surface area contributed by atoms with Crippen LogP contribution in [0.5, 0.6) is 0 Å². The van der Waals surface area contributed by atoms with Crippen LogP contribution in [0, 0.1) is 11.8 Å². The fourth-order valence-electron chi connectivity index (χ4n) is 3.24. The van der Waals surface area contributed by atoms with Gasteiger partial charge >= 0.3 is 0 Å². The maximum Gasteiger partial charge on any atom is 0.289 e. The summed E-state index contributed by atoms with van der Waals surface area (Å²) in [5.41, 5.74) is 7.33. The molecule has 22 heavy (non-hydrogen) atoms. The molecule has 1 aliphatic rings. The van der Waals surface area contributed by atoms with Gasteiger partial charge in [0.25, 0.3) is 5.91 Å². The van der Waals surface area contributed by atoms with Gasteiger partial charge in [0.1, 0.15) is 5.76 Å². The van der Waals surface area contributed by atoms with Gasteiger partial charge in [-0.1, -0.05) is 13.8 Å². The van der Waals surface area contributed by atoms with Gasteiger partial charge in [0, 0.05) is 24.3 Å². The minimum atomic E-state index is -0.0138. The maximum atomic E-state index is 12.6. The molecular formula is C18H22N2O2. The number of piperidine rings is 1. The molecule has 0 radical (unpaired) electrons. The first-order valence-corrected chi connectivity index (χ1v) is 7.78. The van der Waals surface area contributed by atoms with E-state index in [9.17, 15) is 4.79 Å². The zero-order valence-corrected chi connectivity index (χ0v) is 13.1. The Hall–Kier alpha value is -2.23. The van der Waals surface area contributed by atoms with Gasteiger partial charge < -0.3 is 15.1 Å². The summed E-state index contributed by atoms with van der Waals surface area (Å²) in [5, 5.41) is 0. The topological polar surface area (TPSA) is 59.5 Å². The van der Waals surface area contributed by atoms with E-state index in [2.05, 4.69) is 13.8 Å². The molecule has 0 saturated carbocycles. The van der Waals surface area contributed by atoms with Crippen molar-refractivity contribution in [2.24, 2.45) is 11.8 Å². The highest BCUT2D eigenvalue weighted by Crippen LogP contribution is 2.26. The lowest BCUT2D eigenvalue weighted by Crippen LogP contribution is -2.42. The molecule has 2 N–H and O–H groups in total. The molecule has 4 heteroatoms. The number of anilines is 1. The lowest BCUT2D eigenvalue weighted by molar-refractivity contribution is 0.0592. The van der Waals surface area contributed by atoms with Gasteiger partial charge in [-0.25, -0.2) is 0 Å². The Labute approximate surface area is 130 Å². The van der Waals surface area contributed by atoms with E-state index >= 15 is 0 Å². The lowest BCUT2D eigenvalue weighted by Gasteiger charge is -2.34. The number of hydrogen-bond acceptors (Lipinski definition) is 3. The number of nitrogens with zero attached hydrogens (tertiary/aromatic N) is 1. The fourth-order valence-corrected chi connectivity index (χ4v) is 3.24. The first-order chi connectivity index (χ1) is 10.5. The molecule has 1 fully saturated rings. The molecule has 0 spiro atoms. The summed E-state index contributed by atoms with van der Waals surface area (Å²) in [5.74, 6) is 2.17. The second-order valence-electron chi connectivity index (χ2n) is 6.44. The van der Waals surface area contributed by atoms with Crippen molar-refractivity contribution in [2.45, 2.75) is 20.3 Å². The van der Waals surface area contributed by atoms with Crippen LogP contribution in [-0.4, -0.2) is 23.9 Å². The van der Waals surface area contributed by atoms with Crippen LogP contribution in [0.25, 0.3) is 11.3 Å². The molecule has 0 unspecified atom stereocenters. The van der Waals surface area contributed by atoms with Crippen LogP contribution in [0.2, 0.25) is 0 Å². The van der Waals surface area contributed by atoms with Crippen LogP contribution in [0.1, 0.15) is 30.8 Å². The second kappa shape index (κ2) is 5.87. The Kier molecular flexibility index (Phi) is 3.92. The van der Waals surface area contributed by atoms with Gasteiger partial charge in [-0.3, -0.25) is 4.79 Å². The molecule has 1 amide bonds. The molecule has 3 rings (SSSR count). The summed E-state index contributed by atoms with van der Waals surface area (Å²) in [6, 6.07) is 11.1. The molecule has 0 bridgehead atoms. The van der Waals surface area contributed by atoms with Gasteiger partial charge in [0.05, 0.1) is 0 Å². The molecule has 4 nitrogen and oxygen atoms in total. The Morgan fingerprint density at radius 2 is 1.73 bits per heavy atom. The zero-order valence-electron chi connectivity index (χ0n) is 13.1. The van der Waals surface area contributed by atoms with E-state index in [1.807, 2.05) is 35.2 Å². The van der Waals surface area contributed by atoms with Crippen molar-refractivity contribution in [3.63, 3.8) is 0 Å². The van der Waals surface area contributed by atoms with Gasteiger partial charge in [0.2, 0.25) is 0 Å². The molecule has 2 aromatic rings. The monoisotopic (exact) mass is 298 g/mol. The summed E-state index contributed by atoms with van der Waals surface area (Å²) < 4.78 is 5.76. The van der Waals surface area contributed by atoms with Crippen LogP contribution >= 0.6 is 0 Å². The van der Waals surface area contributed by atoms with E-state index in [-0.39, 0.29) is 5.91 Å². The third-order valence-corrected chi connectivity index (χ3v) is 4.17. The molecule has 0 aliphatic carbocycles. The van der Waals surface area contributed by atoms with Gasteiger partial charge in [-0.15, -0.1) is 0 Å². The fraction of sp³-hybridized carbons (Fsp3) is 0.389. The number of rotatable bonds is 2. The summed E-state index contributed by atoms with van der Waals surface area (Å²) in [6.07, 6.45) is 1.18. The number of nitrogen functional groups attached to an aromatic ring is 1. The molecule has 116 valence electrons. The maximum absolute atomic E-state index is 12.6. The quantitative estimate of drug-likeness (QED) is 0.861. The van der Waals surface area contributed by atoms with E-state index < -0.39 is 0 Å². The third kappa shape index (κ3) is 3.01. The normalized spacial score (nSPS) is 21.8. The standard InChI is InChI=1S/C18H22N2O2/c1-12-9-13(2)11-20(10-12)18(21)17-8-7-16(22-17)14-3-5-15(19)6-4-14/h3-8,12-13H,9-11,19H2,1-2H3/t12-,13+. The van der Waals surface area contributed by atoms with Crippen molar-refractivity contribution in [3.8, 4) is 11.3 Å². The molecule has 1 aromatic heterocycles. The molecule has 1 saturated heterocycles. The van der Waals surface area contributed by atoms with Crippen molar-refractivity contribution in [2.75, 3.05) is 18.8 Å². The van der Waals surface area contributed by atoms with Crippen LogP contribution in [-0.2, 0) is 0 Å². The van der Waals surface area contributed by atoms with Crippen molar-refractivity contribution in [3.05, 3.63) is 42.2 Å². The summed E-state index contributed by atoms with van der Waals surface area (Å²) in [6.45, 7) is 6.00.